The Morgan fingerprint density at radius 2 is 1.80 bits per heavy atom. The van der Waals surface area contributed by atoms with Crippen LogP contribution >= 0.6 is 0 Å². The van der Waals surface area contributed by atoms with E-state index < -0.39 is 15.9 Å². The number of carbonyl (C=O) groups is 1. The van der Waals surface area contributed by atoms with Crippen molar-refractivity contribution in [3.8, 4) is 11.5 Å². The van der Waals surface area contributed by atoms with E-state index in [0.29, 0.717) is 30.3 Å². The molecule has 1 fully saturated rings. The van der Waals surface area contributed by atoms with Gasteiger partial charge in [-0.2, -0.15) is 4.31 Å². The van der Waals surface area contributed by atoms with Crippen LogP contribution in [0.15, 0.2) is 53.4 Å². The number of sulfonamides is 1. The van der Waals surface area contributed by atoms with Crippen molar-refractivity contribution in [3.63, 3.8) is 0 Å². The molecule has 0 aliphatic carbocycles. The second-order valence-corrected chi connectivity index (χ2v) is 8.86. The van der Waals surface area contributed by atoms with E-state index in [-0.39, 0.29) is 4.90 Å². The first-order chi connectivity index (χ1) is 14.4. The Hall–Kier alpha value is -2.84. The van der Waals surface area contributed by atoms with E-state index in [0.717, 1.165) is 24.8 Å². The summed E-state index contributed by atoms with van der Waals surface area (Å²) in [6, 6.07) is 11.8. The Morgan fingerprint density at radius 1 is 1.03 bits per heavy atom. The van der Waals surface area contributed by atoms with Crippen LogP contribution in [0.4, 0.5) is 5.69 Å². The summed E-state index contributed by atoms with van der Waals surface area (Å²) in [6.45, 7) is 1.03. The molecule has 2 aromatic rings. The molecule has 30 heavy (non-hydrogen) atoms. The summed E-state index contributed by atoms with van der Waals surface area (Å²) in [5.41, 5.74) is 1.11. The van der Waals surface area contributed by atoms with Crippen molar-refractivity contribution in [2.24, 2.45) is 0 Å². The van der Waals surface area contributed by atoms with Gasteiger partial charge >= 0.3 is 0 Å². The monoisotopic (exact) mass is 430 g/mol. The highest BCUT2D eigenvalue weighted by molar-refractivity contribution is 7.89. The number of nitrogens with one attached hydrogen (secondary N) is 1. The van der Waals surface area contributed by atoms with Crippen LogP contribution in [0.1, 0.15) is 24.8 Å². The second kappa shape index (κ2) is 9.77. The average molecular weight is 431 g/mol. The minimum Gasteiger partial charge on any atom is -0.497 e. The summed E-state index contributed by atoms with van der Waals surface area (Å²) in [7, 11) is -0.569. The van der Waals surface area contributed by atoms with Gasteiger partial charge in [0.15, 0.2) is 0 Å². The van der Waals surface area contributed by atoms with Crippen molar-refractivity contribution < 1.29 is 22.7 Å². The van der Waals surface area contributed by atoms with Crippen LogP contribution in [0.2, 0.25) is 0 Å². The second-order valence-electron chi connectivity index (χ2n) is 6.93. The van der Waals surface area contributed by atoms with E-state index in [1.807, 2.05) is 18.2 Å². The Bertz CT molecular complexity index is 1030. The minimum absolute atomic E-state index is 0.136. The maximum absolute atomic E-state index is 12.9. The van der Waals surface area contributed by atoms with Crippen LogP contribution in [0, 0.1) is 0 Å². The van der Waals surface area contributed by atoms with Crippen molar-refractivity contribution in [1.82, 2.24) is 4.31 Å². The summed E-state index contributed by atoms with van der Waals surface area (Å²) in [5.74, 6) is 0.675. The van der Waals surface area contributed by atoms with E-state index in [2.05, 4.69) is 5.32 Å². The first kappa shape index (κ1) is 21.9. The number of benzene rings is 2. The van der Waals surface area contributed by atoms with Crippen molar-refractivity contribution in [2.45, 2.75) is 24.2 Å². The normalized spacial score (nSPS) is 15.1. The van der Waals surface area contributed by atoms with Crippen LogP contribution < -0.4 is 14.8 Å². The molecule has 0 unspecified atom stereocenters. The largest absolute Gasteiger partial charge is 0.497 e. The standard InChI is InChI=1S/C22H26N2O5S/c1-28-18-8-6-7-17(15-18)9-12-22(25)23-20-16-19(10-11-21(20)29-2)30(26,27)24-13-4-3-5-14-24/h6-12,15-16H,3-5,13-14H2,1-2H3,(H,23,25)/b12-9+. The highest BCUT2D eigenvalue weighted by Crippen LogP contribution is 2.30. The Morgan fingerprint density at radius 3 is 2.50 bits per heavy atom. The highest BCUT2D eigenvalue weighted by Gasteiger charge is 2.26. The third-order valence-corrected chi connectivity index (χ3v) is 6.80. The van der Waals surface area contributed by atoms with Crippen LogP contribution in [-0.2, 0) is 14.8 Å². The van der Waals surface area contributed by atoms with Gasteiger partial charge in [0.25, 0.3) is 0 Å². The number of amides is 1. The van der Waals surface area contributed by atoms with Crippen LogP contribution in [0.5, 0.6) is 11.5 Å². The summed E-state index contributed by atoms with van der Waals surface area (Å²) in [6.07, 6.45) is 5.77. The molecule has 160 valence electrons. The lowest BCUT2D eigenvalue weighted by atomic mass is 10.2. The number of hydrogen-bond donors (Lipinski definition) is 1. The Balaban J connectivity index is 1.79. The lowest BCUT2D eigenvalue weighted by molar-refractivity contribution is -0.111. The van der Waals surface area contributed by atoms with Gasteiger partial charge in [0.05, 0.1) is 24.8 Å². The van der Waals surface area contributed by atoms with Gasteiger partial charge in [-0.3, -0.25) is 4.79 Å². The van der Waals surface area contributed by atoms with Gasteiger partial charge in [-0.05, 0) is 54.8 Å². The summed E-state index contributed by atoms with van der Waals surface area (Å²) in [4.78, 5) is 12.6. The fourth-order valence-electron chi connectivity index (χ4n) is 3.29. The number of ether oxygens (including phenoxy) is 2. The minimum atomic E-state index is -3.61. The van der Waals surface area contributed by atoms with Crippen molar-refractivity contribution in [1.29, 1.82) is 0 Å². The van der Waals surface area contributed by atoms with Crippen molar-refractivity contribution in [3.05, 3.63) is 54.1 Å². The maximum atomic E-state index is 12.9. The third-order valence-electron chi connectivity index (χ3n) is 4.90. The number of piperidine rings is 1. The molecule has 0 aromatic heterocycles. The fourth-order valence-corrected chi connectivity index (χ4v) is 4.83. The third kappa shape index (κ3) is 5.20. The number of methoxy groups -OCH3 is 2. The highest BCUT2D eigenvalue weighted by atomic mass is 32.2. The molecule has 2 aromatic carbocycles. The first-order valence-corrected chi connectivity index (χ1v) is 11.2. The van der Waals surface area contributed by atoms with E-state index in [1.165, 1.54) is 29.6 Å². The molecule has 0 bridgehead atoms. The average Bonchev–Trinajstić information content (AvgIpc) is 2.78. The van der Waals surface area contributed by atoms with Crippen LogP contribution in [0.25, 0.3) is 6.08 Å². The molecule has 0 spiro atoms. The Labute approximate surface area is 177 Å². The van der Waals surface area contributed by atoms with Gasteiger partial charge in [0, 0.05) is 19.2 Å². The molecular formula is C22H26N2O5S. The van der Waals surface area contributed by atoms with Gasteiger partial charge in [-0.1, -0.05) is 18.6 Å². The molecular weight excluding hydrogens is 404 g/mol. The zero-order chi connectivity index (χ0) is 21.6. The zero-order valence-electron chi connectivity index (χ0n) is 17.1. The van der Waals surface area contributed by atoms with Gasteiger partial charge in [0.1, 0.15) is 11.5 Å². The SMILES string of the molecule is COc1cccc(/C=C/C(=O)Nc2cc(S(=O)(=O)N3CCCCC3)ccc2OC)c1. The molecule has 0 radical (unpaired) electrons. The van der Waals surface area contributed by atoms with Gasteiger partial charge in [-0.15, -0.1) is 0 Å². The quantitative estimate of drug-likeness (QED) is 0.680. The molecule has 7 nitrogen and oxygen atoms in total. The van der Waals surface area contributed by atoms with E-state index in [4.69, 9.17) is 9.47 Å². The van der Waals surface area contributed by atoms with E-state index >= 15 is 0 Å². The number of nitrogens with zero attached hydrogens (tertiary/aromatic N) is 1. The van der Waals surface area contributed by atoms with Crippen LogP contribution in [-0.4, -0.2) is 45.9 Å². The molecule has 0 saturated carbocycles. The lowest BCUT2D eigenvalue weighted by Gasteiger charge is -2.26. The molecule has 1 amide bonds. The van der Waals surface area contributed by atoms with Crippen molar-refractivity contribution in [2.75, 3.05) is 32.6 Å². The topological polar surface area (TPSA) is 84.9 Å². The van der Waals surface area contributed by atoms with Crippen molar-refractivity contribution >= 4 is 27.7 Å². The van der Waals surface area contributed by atoms with E-state index in [1.54, 1.807) is 25.3 Å². The summed E-state index contributed by atoms with van der Waals surface area (Å²) < 4.78 is 37.8. The number of carbonyl (C=O) groups excluding carboxylic acids is 1. The molecule has 1 saturated heterocycles. The van der Waals surface area contributed by atoms with Gasteiger partial charge in [0.2, 0.25) is 15.9 Å². The predicted molar refractivity (Wildman–Crippen MR) is 116 cm³/mol. The Kier molecular flexibility index (Phi) is 7.12. The molecule has 1 heterocycles. The maximum Gasteiger partial charge on any atom is 0.248 e. The van der Waals surface area contributed by atoms with Crippen LogP contribution in [0.3, 0.4) is 0 Å². The predicted octanol–water partition coefficient (Wildman–Crippen LogP) is 3.53. The van der Waals surface area contributed by atoms with Gasteiger partial charge in [-0.25, -0.2) is 8.42 Å². The molecule has 1 aliphatic rings. The smallest absolute Gasteiger partial charge is 0.248 e. The number of rotatable bonds is 7. The lowest BCUT2D eigenvalue weighted by Crippen LogP contribution is -2.35. The number of hydrogen-bond acceptors (Lipinski definition) is 5. The molecule has 1 aliphatic heterocycles. The fraction of sp³-hybridized carbons (Fsp3) is 0.318. The molecule has 1 N–H and O–H groups in total. The van der Waals surface area contributed by atoms with E-state index in [9.17, 15) is 13.2 Å². The number of anilines is 1. The summed E-state index contributed by atoms with van der Waals surface area (Å²) >= 11 is 0. The zero-order valence-corrected chi connectivity index (χ0v) is 17.9. The first-order valence-electron chi connectivity index (χ1n) is 9.75. The van der Waals surface area contributed by atoms with Gasteiger partial charge < -0.3 is 14.8 Å². The molecule has 3 rings (SSSR count). The summed E-state index contributed by atoms with van der Waals surface area (Å²) in [5, 5.41) is 2.71. The molecule has 0 atom stereocenters. The molecule has 8 heteroatoms.